The van der Waals surface area contributed by atoms with E-state index in [0.29, 0.717) is 11.1 Å². The third kappa shape index (κ3) is 19.7. The predicted octanol–water partition coefficient (Wildman–Crippen LogP) is -2.98. The number of carboxylic acids is 1. The van der Waals surface area contributed by atoms with Gasteiger partial charge in [0, 0.05) is 62.9 Å². The monoisotopic (exact) mass is 1030 g/mol. The number of aromatic nitrogens is 1. The SMILES string of the molecule is CC(=O)N[C@@H](CCCNC(=N)N)C(=O)N[C@H]1CCCNC(=O)CC[C@@H](C(=O)O)NC(=O)[C@H](Cc2c[nH]c3ccccc23)NC(=O)[C@H](CCCNC(=N)N)NC(=O)[C@@H](Cc2ccccc2)NC(=O)C(CCN)NC1=O. The van der Waals surface area contributed by atoms with Crippen LogP contribution in [0.25, 0.3) is 10.9 Å². The van der Waals surface area contributed by atoms with Crippen molar-refractivity contribution >= 4 is 76.0 Å². The third-order valence-corrected chi connectivity index (χ3v) is 11.9. The molecule has 26 nitrogen and oxygen atoms in total. The van der Waals surface area contributed by atoms with Crippen LogP contribution >= 0.6 is 0 Å². The highest BCUT2D eigenvalue weighted by atomic mass is 16.4. The van der Waals surface area contributed by atoms with Crippen molar-refractivity contribution in [3.8, 4) is 0 Å². The standard InChI is InChI=1S/C48H70N16O10/c1-27(65)58-32(14-8-22-55-47(50)51)40(67)59-33-15-7-21-54-39(66)18-17-36(46(73)74)62-45(72)38(25-29-26-57-31-13-6-5-12-30(29)31)64-42(69)34(16-9-23-56-48(52)53)60-44(71)37(24-28-10-3-2-4-11-28)63-43(70)35(19-20-49)61-41(33)68/h2-6,10-13,26,32-38,57H,7-9,14-25,49H2,1H3,(H,54,66)(H,58,65)(H,59,67)(H,60,71)(H,61,68)(H,62,72)(H,63,70)(H,64,69)(H,73,74)(H4,50,51,55)(H4,52,53,56)/t32-,33-,34-,35?,36-,37+,38-/m0/s1. The number of carboxylic acid groups (broad SMARTS) is 1. The molecule has 2 aromatic carbocycles. The first-order chi connectivity index (χ1) is 35.3. The number of carbonyl (C=O) groups is 9. The van der Waals surface area contributed by atoms with E-state index in [9.17, 15) is 48.3 Å². The Bertz CT molecular complexity index is 2450. The summed E-state index contributed by atoms with van der Waals surface area (Å²) in [7, 11) is 0. The van der Waals surface area contributed by atoms with Gasteiger partial charge in [0.15, 0.2) is 11.9 Å². The highest BCUT2D eigenvalue weighted by Crippen LogP contribution is 2.20. The first-order valence-electron chi connectivity index (χ1n) is 24.4. The number of hydrogen-bond acceptors (Lipinski definition) is 12. The maximum Gasteiger partial charge on any atom is 0.326 e. The number of aromatic amines is 1. The van der Waals surface area contributed by atoms with E-state index in [1.54, 1.807) is 54.7 Å². The van der Waals surface area contributed by atoms with E-state index in [4.69, 9.17) is 28.0 Å². The molecular formula is C48H70N16O10. The van der Waals surface area contributed by atoms with Gasteiger partial charge in [-0.2, -0.15) is 0 Å². The summed E-state index contributed by atoms with van der Waals surface area (Å²) in [5.74, 6) is -8.32. The zero-order valence-electron chi connectivity index (χ0n) is 41.3. The second-order valence-electron chi connectivity index (χ2n) is 17.8. The number of fused-ring (bicyclic) bond motifs is 1. The lowest BCUT2D eigenvalue weighted by molar-refractivity contribution is -0.142. The number of amides is 8. The lowest BCUT2D eigenvalue weighted by Gasteiger charge is -2.28. The minimum absolute atomic E-state index is 0.0603. The molecule has 1 aromatic heterocycles. The van der Waals surface area contributed by atoms with Crippen LogP contribution in [0, 0.1) is 10.8 Å². The summed E-state index contributed by atoms with van der Waals surface area (Å²) in [4.78, 5) is 126. The zero-order valence-corrected chi connectivity index (χ0v) is 41.3. The van der Waals surface area contributed by atoms with E-state index in [2.05, 4.69) is 58.2 Å². The molecule has 26 heteroatoms. The van der Waals surface area contributed by atoms with Gasteiger partial charge in [0.2, 0.25) is 47.3 Å². The average Bonchev–Trinajstić information content (AvgIpc) is 3.76. The van der Waals surface area contributed by atoms with Crippen LogP contribution in [0.4, 0.5) is 0 Å². The van der Waals surface area contributed by atoms with Crippen molar-refractivity contribution < 1.29 is 48.3 Å². The van der Waals surface area contributed by atoms with Crippen LogP contribution < -0.4 is 70.4 Å². The topological polar surface area (TPSA) is 436 Å². The minimum Gasteiger partial charge on any atom is -0.480 e. The molecule has 1 fully saturated rings. The highest BCUT2D eigenvalue weighted by molar-refractivity contribution is 5.98. The van der Waals surface area contributed by atoms with Crippen LogP contribution in [0.2, 0.25) is 0 Å². The summed E-state index contributed by atoms with van der Waals surface area (Å²) in [6.07, 6.45) is 0.849. The largest absolute Gasteiger partial charge is 0.480 e. The van der Waals surface area contributed by atoms with Crippen LogP contribution in [0.5, 0.6) is 0 Å². The molecule has 0 saturated carbocycles. The van der Waals surface area contributed by atoms with Gasteiger partial charge in [0.05, 0.1) is 0 Å². The Hall–Kier alpha value is -8.29. The molecule has 2 heterocycles. The molecule has 1 saturated heterocycles. The highest BCUT2D eigenvalue weighted by Gasteiger charge is 2.35. The van der Waals surface area contributed by atoms with E-state index in [0.717, 1.165) is 10.9 Å². The van der Waals surface area contributed by atoms with Crippen molar-refractivity contribution in [2.45, 2.75) is 120 Å². The molecule has 0 bridgehead atoms. The Morgan fingerprint density at radius 3 is 1.96 bits per heavy atom. The lowest BCUT2D eigenvalue weighted by atomic mass is 10.0. The van der Waals surface area contributed by atoms with Crippen LogP contribution in [0.15, 0.2) is 60.8 Å². The molecule has 0 aliphatic carbocycles. The Morgan fingerprint density at radius 2 is 1.31 bits per heavy atom. The van der Waals surface area contributed by atoms with E-state index in [1.807, 2.05) is 6.07 Å². The summed E-state index contributed by atoms with van der Waals surface area (Å²) in [5.41, 5.74) is 18.7. The average molecular weight is 1030 g/mol. The van der Waals surface area contributed by atoms with Gasteiger partial charge in [-0.3, -0.25) is 49.2 Å². The molecule has 1 aliphatic heterocycles. The Kier molecular flexibility index (Phi) is 23.6. The molecule has 20 N–H and O–H groups in total. The molecule has 402 valence electrons. The third-order valence-electron chi connectivity index (χ3n) is 11.9. The summed E-state index contributed by atoms with van der Waals surface area (Å²) < 4.78 is 0. The Morgan fingerprint density at radius 1 is 0.730 bits per heavy atom. The van der Waals surface area contributed by atoms with Crippen molar-refractivity contribution in [2.75, 3.05) is 26.2 Å². The van der Waals surface area contributed by atoms with Gasteiger partial charge in [-0.15, -0.1) is 0 Å². The number of para-hydroxylation sites is 1. The Balaban J connectivity index is 1.75. The second kappa shape index (κ2) is 29.9. The number of benzene rings is 2. The minimum atomic E-state index is -1.60. The van der Waals surface area contributed by atoms with Crippen molar-refractivity contribution in [3.63, 3.8) is 0 Å². The van der Waals surface area contributed by atoms with Gasteiger partial charge in [-0.1, -0.05) is 48.5 Å². The van der Waals surface area contributed by atoms with Crippen molar-refractivity contribution in [2.24, 2.45) is 17.2 Å². The molecule has 1 aliphatic rings. The predicted molar refractivity (Wildman–Crippen MR) is 272 cm³/mol. The van der Waals surface area contributed by atoms with Gasteiger partial charge in [-0.25, -0.2) is 4.79 Å². The van der Waals surface area contributed by atoms with Crippen molar-refractivity contribution in [1.82, 2.24) is 58.2 Å². The van der Waals surface area contributed by atoms with Crippen LogP contribution in [-0.4, -0.2) is 144 Å². The van der Waals surface area contributed by atoms with E-state index in [-0.39, 0.29) is 109 Å². The second-order valence-corrected chi connectivity index (χ2v) is 17.8. The molecule has 1 unspecified atom stereocenters. The van der Waals surface area contributed by atoms with E-state index in [1.165, 1.54) is 6.92 Å². The quantitative estimate of drug-likeness (QED) is 0.0343. The number of nitrogens with two attached hydrogens (primary N) is 3. The van der Waals surface area contributed by atoms with Crippen LogP contribution in [0.3, 0.4) is 0 Å². The number of rotatable bonds is 18. The number of guanidine groups is 2. The fraction of sp³-hybridized carbons (Fsp3) is 0.479. The maximum atomic E-state index is 14.5. The van der Waals surface area contributed by atoms with Crippen LogP contribution in [0.1, 0.15) is 75.8 Å². The summed E-state index contributed by atoms with van der Waals surface area (Å²) in [5, 5.41) is 52.2. The smallest absolute Gasteiger partial charge is 0.326 e. The molecular weight excluding hydrogens is 961 g/mol. The molecule has 74 heavy (non-hydrogen) atoms. The summed E-state index contributed by atoms with van der Waals surface area (Å²) in [6, 6.07) is 6.07. The normalized spacial score (nSPS) is 21.2. The number of nitrogens with one attached hydrogen (secondary N) is 13. The van der Waals surface area contributed by atoms with E-state index >= 15 is 0 Å². The molecule has 0 radical (unpaired) electrons. The molecule has 3 aromatic rings. The van der Waals surface area contributed by atoms with Gasteiger partial charge < -0.3 is 80.5 Å². The van der Waals surface area contributed by atoms with Gasteiger partial charge in [-0.05, 0) is 75.1 Å². The van der Waals surface area contributed by atoms with Gasteiger partial charge in [0.1, 0.15) is 42.3 Å². The molecule has 4 rings (SSSR count). The fourth-order valence-electron chi connectivity index (χ4n) is 8.12. The van der Waals surface area contributed by atoms with Gasteiger partial charge >= 0.3 is 5.97 Å². The van der Waals surface area contributed by atoms with E-state index < -0.39 is 95.5 Å². The molecule has 8 amide bonds. The number of H-pyrrole nitrogens is 1. The molecule has 7 atom stereocenters. The van der Waals surface area contributed by atoms with Crippen molar-refractivity contribution in [1.29, 1.82) is 10.8 Å². The number of aliphatic carboxylic acids is 1. The molecule has 0 spiro atoms. The van der Waals surface area contributed by atoms with Crippen LogP contribution in [-0.2, 0) is 56.0 Å². The van der Waals surface area contributed by atoms with Gasteiger partial charge in [0.25, 0.3) is 0 Å². The zero-order chi connectivity index (χ0) is 54.2. The number of carbonyl (C=O) groups excluding carboxylic acids is 8. The first kappa shape index (κ1) is 58.3. The fourth-order valence-corrected chi connectivity index (χ4v) is 8.12. The van der Waals surface area contributed by atoms with Crippen molar-refractivity contribution in [3.05, 3.63) is 71.9 Å². The number of hydrogen-bond donors (Lipinski definition) is 17. The lowest BCUT2D eigenvalue weighted by Crippen LogP contribution is -2.60. The summed E-state index contributed by atoms with van der Waals surface area (Å²) >= 11 is 0. The Labute approximate surface area is 427 Å². The maximum absolute atomic E-state index is 14.5. The summed E-state index contributed by atoms with van der Waals surface area (Å²) in [6.45, 7) is 1.31. The first-order valence-corrected chi connectivity index (χ1v) is 24.4.